The Morgan fingerprint density at radius 3 is 2.48 bits per heavy atom. The molecule has 0 radical (unpaired) electrons. The van der Waals surface area contributed by atoms with Crippen molar-refractivity contribution >= 4 is 28.5 Å². The average molecular weight is 439 g/mol. The minimum absolute atomic E-state index is 0.165. The Bertz CT molecular complexity index is 1160. The van der Waals surface area contributed by atoms with Crippen molar-refractivity contribution in [3.05, 3.63) is 80.2 Å². The topological polar surface area (TPSA) is 53.8 Å². The van der Waals surface area contributed by atoms with Crippen LogP contribution in [-0.2, 0) is 24.2 Å². The van der Waals surface area contributed by atoms with Crippen molar-refractivity contribution in [3.63, 3.8) is 0 Å². The number of fused-ring (bicyclic) bond motifs is 1. The molecule has 0 aliphatic carbocycles. The highest BCUT2D eigenvalue weighted by atomic mass is 35.5. The normalized spacial score (nSPS) is 14.9. The Balaban J connectivity index is 1.44. The lowest BCUT2D eigenvalue weighted by Crippen LogP contribution is -2.48. The van der Waals surface area contributed by atoms with Crippen molar-refractivity contribution in [1.29, 1.82) is 0 Å². The van der Waals surface area contributed by atoms with Crippen LogP contribution in [0.2, 0.25) is 5.02 Å². The van der Waals surface area contributed by atoms with E-state index in [0.717, 1.165) is 47.2 Å². The second-order valence-electron chi connectivity index (χ2n) is 8.14. The molecule has 1 aliphatic heterocycles. The van der Waals surface area contributed by atoms with Gasteiger partial charge in [0, 0.05) is 49.2 Å². The maximum Gasteiger partial charge on any atom is 0.336 e. The number of aryl methyl sites for hydroxylation is 2. The van der Waals surface area contributed by atoms with Gasteiger partial charge >= 0.3 is 5.63 Å². The Hall–Kier alpha value is -2.63. The Morgan fingerprint density at radius 2 is 1.77 bits per heavy atom. The van der Waals surface area contributed by atoms with E-state index in [1.807, 2.05) is 55.1 Å². The van der Waals surface area contributed by atoms with Crippen LogP contribution in [-0.4, -0.2) is 41.9 Å². The summed E-state index contributed by atoms with van der Waals surface area (Å²) in [5.41, 5.74) is 4.34. The second-order valence-corrected chi connectivity index (χ2v) is 8.55. The van der Waals surface area contributed by atoms with E-state index in [2.05, 4.69) is 4.90 Å². The maximum atomic E-state index is 12.7. The number of piperazine rings is 1. The minimum atomic E-state index is -0.348. The molecule has 3 aromatic rings. The summed E-state index contributed by atoms with van der Waals surface area (Å²) in [4.78, 5) is 29.0. The highest BCUT2D eigenvalue weighted by Gasteiger charge is 2.22. The molecule has 1 aromatic heterocycles. The first kappa shape index (κ1) is 21.6. The van der Waals surface area contributed by atoms with Gasteiger partial charge in [0.1, 0.15) is 5.58 Å². The van der Waals surface area contributed by atoms with E-state index < -0.39 is 0 Å². The van der Waals surface area contributed by atoms with Crippen molar-refractivity contribution < 1.29 is 9.21 Å². The van der Waals surface area contributed by atoms with Crippen molar-refractivity contribution in [2.24, 2.45) is 0 Å². The fourth-order valence-corrected chi connectivity index (χ4v) is 4.47. The summed E-state index contributed by atoms with van der Waals surface area (Å²) >= 11 is 6.41. The molecule has 5 nitrogen and oxygen atoms in total. The third-order valence-electron chi connectivity index (χ3n) is 6.10. The molecule has 0 bridgehead atoms. The summed E-state index contributed by atoms with van der Waals surface area (Å²) in [6.07, 6.45) is 1.22. The molecule has 2 aromatic carbocycles. The predicted molar refractivity (Wildman–Crippen MR) is 124 cm³/mol. The fourth-order valence-electron chi connectivity index (χ4n) is 4.17. The van der Waals surface area contributed by atoms with Crippen molar-refractivity contribution in [2.45, 2.75) is 33.2 Å². The second kappa shape index (κ2) is 9.25. The van der Waals surface area contributed by atoms with E-state index in [-0.39, 0.29) is 11.5 Å². The monoisotopic (exact) mass is 438 g/mol. The lowest BCUT2D eigenvalue weighted by molar-refractivity contribution is -0.132. The fraction of sp³-hybridized carbons (Fsp3) is 0.360. The van der Waals surface area contributed by atoms with Gasteiger partial charge in [-0.15, -0.1) is 0 Å². The summed E-state index contributed by atoms with van der Waals surface area (Å²) in [6.45, 7) is 7.59. The van der Waals surface area contributed by atoms with Gasteiger partial charge in [0.15, 0.2) is 0 Å². The summed E-state index contributed by atoms with van der Waals surface area (Å²) in [5.74, 6) is 0.165. The first-order chi connectivity index (χ1) is 14.9. The van der Waals surface area contributed by atoms with Gasteiger partial charge in [-0.2, -0.15) is 0 Å². The Morgan fingerprint density at radius 1 is 1.03 bits per heavy atom. The quantitative estimate of drug-likeness (QED) is 0.560. The lowest BCUT2D eigenvalue weighted by atomic mass is 10.0. The number of amides is 1. The highest BCUT2D eigenvalue weighted by Crippen LogP contribution is 2.27. The van der Waals surface area contributed by atoms with Crippen LogP contribution in [0.25, 0.3) is 11.0 Å². The molecular formula is C25H27ClN2O3. The maximum absolute atomic E-state index is 12.7. The number of carbonyl (C=O) groups excluding carboxylic acids is 1. The van der Waals surface area contributed by atoms with Crippen molar-refractivity contribution in [1.82, 2.24) is 9.80 Å². The van der Waals surface area contributed by atoms with Gasteiger partial charge < -0.3 is 9.32 Å². The first-order valence-corrected chi connectivity index (χ1v) is 11.1. The molecule has 0 unspecified atom stereocenters. The van der Waals surface area contributed by atoms with E-state index in [0.29, 0.717) is 36.7 Å². The zero-order valence-electron chi connectivity index (χ0n) is 18.0. The van der Waals surface area contributed by atoms with Crippen LogP contribution >= 0.6 is 11.6 Å². The predicted octanol–water partition coefficient (Wildman–Crippen LogP) is 4.20. The summed E-state index contributed by atoms with van der Waals surface area (Å²) in [5, 5.41) is 1.57. The number of nitrogens with zero attached hydrogens (tertiary/aromatic N) is 2. The van der Waals surface area contributed by atoms with Crippen LogP contribution in [0, 0.1) is 6.92 Å². The smallest absolute Gasteiger partial charge is 0.336 e. The molecule has 0 N–H and O–H groups in total. The lowest BCUT2D eigenvalue weighted by Gasteiger charge is -2.35. The largest absolute Gasteiger partial charge is 0.423 e. The molecule has 4 rings (SSSR count). The molecule has 0 spiro atoms. The first-order valence-electron chi connectivity index (χ1n) is 10.7. The molecular weight excluding hydrogens is 412 g/mol. The van der Waals surface area contributed by atoms with Gasteiger partial charge in [0.2, 0.25) is 5.91 Å². The van der Waals surface area contributed by atoms with Crippen LogP contribution in [0.4, 0.5) is 0 Å². The SMILES string of the molecule is CCc1cc2oc(=O)cc(CN3CCN(C(=O)Cc4ccccc4C)CC3)c2cc1Cl. The molecule has 6 heteroatoms. The average Bonchev–Trinajstić information content (AvgIpc) is 2.76. The number of benzene rings is 2. The number of rotatable bonds is 5. The van der Waals surface area contributed by atoms with Crippen LogP contribution < -0.4 is 5.63 Å². The number of carbonyl (C=O) groups is 1. The molecule has 31 heavy (non-hydrogen) atoms. The standard InChI is InChI=1S/C25H27ClN2O3/c1-3-18-12-23-21(15-22(18)26)20(14-25(30)31-23)16-27-8-10-28(11-9-27)24(29)13-19-7-5-4-6-17(19)2/h4-7,12,14-15H,3,8-11,13,16H2,1-2H3. The van der Waals surface area contributed by atoms with Crippen molar-refractivity contribution in [2.75, 3.05) is 26.2 Å². The van der Waals surface area contributed by atoms with Gasteiger partial charge in [-0.3, -0.25) is 9.69 Å². The number of hydrogen-bond acceptors (Lipinski definition) is 4. The molecule has 1 aliphatic rings. The number of hydrogen-bond donors (Lipinski definition) is 0. The van der Waals surface area contributed by atoms with Gasteiger partial charge in [-0.05, 0) is 47.7 Å². The third kappa shape index (κ3) is 4.83. The van der Waals surface area contributed by atoms with Crippen LogP contribution in [0.5, 0.6) is 0 Å². The summed E-state index contributed by atoms with van der Waals surface area (Å²) in [7, 11) is 0. The van der Waals surface area contributed by atoms with E-state index >= 15 is 0 Å². The molecule has 2 heterocycles. The van der Waals surface area contributed by atoms with Gasteiger partial charge in [-0.25, -0.2) is 4.79 Å². The van der Waals surface area contributed by atoms with Crippen LogP contribution in [0.3, 0.4) is 0 Å². The molecule has 1 saturated heterocycles. The Kier molecular flexibility index (Phi) is 6.44. The molecule has 162 valence electrons. The van der Waals surface area contributed by atoms with Gasteiger partial charge in [0.05, 0.1) is 6.42 Å². The van der Waals surface area contributed by atoms with E-state index in [1.165, 1.54) is 0 Å². The van der Waals surface area contributed by atoms with Crippen LogP contribution in [0.15, 0.2) is 51.7 Å². The van der Waals surface area contributed by atoms with E-state index in [9.17, 15) is 9.59 Å². The van der Waals surface area contributed by atoms with E-state index in [4.69, 9.17) is 16.0 Å². The summed E-state index contributed by atoms with van der Waals surface area (Å²) in [6, 6.07) is 13.3. The molecule has 1 amide bonds. The van der Waals surface area contributed by atoms with Crippen molar-refractivity contribution in [3.8, 4) is 0 Å². The van der Waals surface area contributed by atoms with E-state index in [1.54, 1.807) is 6.07 Å². The summed E-state index contributed by atoms with van der Waals surface area (Å²) < 4.78 is 5.42. The third-order valence-corrected chi connectivity index (χ3v) is 6.45. The zero-order valence-corrected chi connectivity index (χ0v) is 18.7. The van der Waals surface area contributed by atoms with Gasteiger partial charge in [0.25, 0.3) is 0 Å². The molecule has 0 saturated carbocycles. The highest BCUT2D eigenvalue weighted by molar-refractivity contribution is 6.32. The zero-order chi connectivity index (χ0) is 22.0. The van der Waals surface area contributed by atoms with Crippen LogP contribution in [0.1, 0.15) is 29.2 Å². The molecule has 1 fully saturated rings. The number of halogens is 1. The van der Waals surface area contributed by atoms with Gasteiger partial charge in [-0.1, -0.05) is 42.8 Å². The Labute approximate surface area is 187 Å². The minimum Gasteiger partial charge on any atom is -0.423 e. The molecule has 0 atom stereocenters.